The maximum Gasteiger partial charge on any atom is 0.320 e. The van der Waals surface area contributed by atoms with Crippen molar-refractivity contribution in [2.75, 3.05) is 33.7 Å². The molecule has 6 nitrogen and oxygen atoms in total. The van der Waals surface area contributed by atoms with E-state index in [0.717, 1.165) is 51.6 Å². The largest absolute Gasteiger partial charge is 0.369 e. The van der Waals surface area contributed by atoms with Crippen LogP contribution in [0, 0.1) is 11.3 Å². The van der Waals surface area contributed by atoms with Gasteiger partial charge < -0.3 is 15.5 Å². The molecule has 4 aliphatic rings. The van der Waals surface area contributed by atoms with Crippen molar-refractivity contribution in [2.24, 2.45) is 17.1 Å². The fourth-order valence-electron chi connectivity index (χ4n) is 6.13. The SMILES string of the molecule is CN(C)[C@]1(c2ccccc2)CC[C@@]2(CC1)CN(CC1(C(N)=O)CC1)C(=O)N2CC1CC1. The van der Waals surface area contributed by atoms with E-state index >= 15 is 0 Å². The topological polar surface area (TPSA) is 69.9 Å². The summed E-state index contributed by atoms with van der Waals surface area (Å²) in [6, 6.07) is 11.0. The van der Waals surface area contributed by atoms with Crippen LogP contribution in [-0.4, -0.2) is 65.9 Å². The van der Waals surface area contributed by atoms with Gasteiger partial charge in [0.05, 0.1) is 11.0 Å². The molecule has 0 unspecified atom stereocenters. The van der Waals surface area contributed by atoms with Crippen LogP contribution in [-0.2, 0) is 10.3 Å². The number of urea groups is 1. The van der Waals surface area contributed by atoms with Gasteiger partial charge in [-0.1, -0.05) is 30.3 Å². The molecule has 1 saturated heterocycles. The summed E-state index contributed by atoms with van der Waals surface area (Å²) >= 11 is 0. The van der Waals surface area contributed by atoms with E-state index in [1.807, 2.05) is 4.90 Å². The predicted octanol–water partition coefficient (Wildman–Crippen LogP) is 3.17. The van der Waals surface area contributed by atoms with E-state index in [-0.39, 0.29) is 23.0 Å². The van der Waals surface area contributed by atoms with E-state index in [1.54, 1.807) is 0 Å². The zero-order valence-electron chi connectivity index (χ0n) is 19.0. The Balaban J connectivity index is 1.39. The number of hydrogen-bond acceptors (Lipinski definition) is 3. The van der Waals surface area contributed by atoms with Gasteiger partial charge in [-0.3, -0.25) is 9.69 Å². The molecule has 1 aliphatic heterocycles. The van der Waals surface area contributed by atoms with Crippen LogP contribution in [0.3, 0.4) is 0 Å². The molecule has 31 heavy (non-hydrogen) atoms. The van der Waals surface area contributed by atoms with E-state index in [4.69, 9.17) is 5.73 Å². The van der Waals surface area contributed by atoms with E-state index < -0.39 is 5.41 Å². The lowest BCUT2D eigenvalue weighted by molar-refractivity contribution is -0.123. The van der Waals surface area contributed by atoms with Gasteiger partial charge in [-0.05, 0) is 76.9 Å². The van der Waals surface area contributed by atoms with Gasteiger partial charge >= 0.3 is 6.03 Å². The van der Waals surface area contributed by atoms with Gasteiger partial charge in [0, 0.05) is 25.2 Å². The number of benzene rings is 1. The molecular formula is C25H36N4O2. The molecule has 6 heteroatoms. The Labute approximate surface area is 185 Å². The van der Waals surface area contributed by atoms with E-state index in [2.05, 4.69) is 54.2 Å². The third kappa shape index (κ3) is 3.43. The number of nitrogens with zero attached hydrogens (tertiary/aromatic N) is 3. The number of primary amides is 1. The average molecular weight is 425 g/mol. The first-order valence-corrected chi connectivity index (χ1v) is 11.9. The molecule has 0 atom stereocenters. The summed E-state index contributed by atoms with van der Waals surface area (Å²) in [4.78, 5) is 32.1. The second-order valence-corrected chi connectivity index (χ2v) is 10.9. The summed E-state index contributed by atoms with van der Waals surface area (Å²) in [5.74, 6) is 0.413. The molecule has 2 N–H and O–H groups in total. The smallest absolute Gasteiger partial charge is 0.320 e. The highest BCUT2D eigenvalue weighted by Crippen LogP contribution is 2.52. The van der Waals surface area contributed by atoms with Gasteiger partial charge in [0.2, 0.25) is 5.91 Å². The molecule has 1 spiro atoms. The molecule has 168 valence electrons. The molecule has 3 aliphatic carbocycles. The third-order valence-electron chi connectivity index (χ3n) is 8.74. The van der Waals surface area contributed by atoms with Crippen molar-refractivity contribution in [1.29, 1.82) is 0 Å². The molecule has 4 fully saturated rings. The molecule has 3 saturated carbocycles. The number of carbonyl (C=O) groups excluding carboxylic acids is 2. The molecule has 5 rings (SSSR count). The predicted molar refractivity (Wildman–Crippen MR) is 120 cm³/mol. The summed E-state index contributed by atoms with van der Waals surface area (Å²) in [5, 5.41) is 0. The minimum absolute atomic E-state index is 0.0131. The maximum atomic E-state index is 13.5. The Bertz CT molecular complexity index is 852. The minimum Gasteiger partial charge on any atom is -0.369 e. The molecule has 1 heterocycles. The first-order valence-electron chi connectivity index (χ1n) is 11.9. The zero-order valence-corrected chi connectivity index (χ0v) is 19.0. The summed E-state index contributed by atoms with van der Waals surface area (Å²) in [7, 11) is 4.37. The van der Waals surface area contributed by atoms with Crippen molar-refractivity contribution in [1.82, 2.24) is 14.7 Å². The van der Waals surface area contributed by atoms with Crippen molar-refractivity contribution >= 4 is 11.9 Å². The molecule has 0 bridgehead atoms. The molecular weight excluding hydrogens is 388 g/mol. The van der Waals surface area contributed by atoms with Crippen LogP contribution in [0.5, 0.6) is 0 Å². The monoisotopic (exact) mass is 424 g/mol. The average Bonchev–Trinajstić information content (AvgIpc) is 3.68. The van der Waals surface area contributed by atoms with Crippen molar-refractivity contribution in [3.8, 4) is 0 Å². The van der Waals surface area contributed by atoms with Gasteiger partial charge in [0.25, 0.3) is 0 Å². The molecule has 1 aromatic carbocycles. The highest BCUT2D eigenvalue weighted by Gasteiger charge is 2.58. The minimum atomic E-state index is -0.474. The summed E-state index contributed by atoms with van der Waals surface area (Å²) in [5.41, 5.74) is 6.49. The highest BCUT2D eigenvalue weighted by molar-refractivity contribution is 5.85. The molecule has 1 aromatic rings. The van der Waals surface area contributed by atoms with Crippen molar-refractivity contribution in [3.63, 3.8) is 0 Å². The van der Waals surface area contributed by atoms with E-state index in [0.29, 0.717) is 12.5 Å². The first kappa shape index (κ1) is 20.8. The van der Waals surface area contributed by atoms with Crippen molar-refractivity contribution in [2.45, 2.75) is 62.4 Å². The number of nitrogens with two attached hydrogens (primary N) is 1. The van der Waals surface area contributed by atoms with Crippen molar-refractivity contribution < 1.29 is 9.59 Å². The summed E-state index contributed by atoms with van der Waals surface area (Å²) in [6.07, 6.45) is 8.17. The molecule has 3 amide bonds. The highest BCUT2D eigenvalue weighted by atomic mass is 16.2. The van der Waals surface area contributed by atoms with Crippen LogP contribution in [0.4, 0.5) is 4.79 Å². The van der Waals surface area contributed by atoms with Gasteiger partial charge in [-0.2, -0.15) is 0 Å². The van der Waals surface area contributed by atoms with Gasteiger partial charge in [-0.25, -0.2) is 4.79 Å². The first-order chi connectivity index (χ1) is 14.8. The lowest BCUT2D eigenvalue weighted by Crippen LogP contribution is -2.55. The van der Waals surface area contributed by atoms with Gasteiger partial charge in [-0.15, -0.1) is 0 Å². The second-order valence-electron chi connectivity index (χ2n) is 10.9. The molecule has 0 radical (unpaired) electrons. The Morgan fingerprint density at radius 3 is 2.23 bits per heavy atom. The number of carbonyl (C=O) groups is 2. The standard InChI is InChI=1S/C25H36N4O2/c1-27(2)25(20-6-4-3-5-7-20)14-12-24(13-15-25)18-28(17-23(10-11-23)21(26)30)22(31)29(24)16-19-8-9-19/h3-7,19H,8-18H2,1-2H3,(H2,26,30)/t24-,25-. The lowest BCUT2D eigenvalue weighted by Gasteiger charge is -2.51. The quantitative estimate of drug-likeness (QED) is 0.731. The fourth-order valence-corrected chi connectivity index (χ4v) is 6.13. The van der Waals surface area contributed by atoms with E-state index in [1.165, 1.54) is 18.4 Å². The van der Waals surface area contributed by atoms with Crippen LogP contribution < -0.4 is 5.73 Å². The van der Waals surface area contributed by atoms with Gasteiger partial charge in [0.1, 0.15) is 0 Å². The third-order valence-corrected chi connectivity index (χ3v) is 8.74. The van der Waals surface area contributed by atoms with Crippen LogP contribution in [0.25, 0.3) is 0 Å². The lowest BCUT2D eigenvalue weighted by atomic mass is 9.68. The zero-order chi connectivity index (χ0) is 21.9. The molecule has 0 aromatic heterocycles. The number of rotatable bonds is 7. The van der Waals surface area contributed by atoms with Crippen LogP contribution in [0.1, 0.15) is 56.9 Å². The van der Waals surface area contributed by atoms with Gasteiger partial charge in [0.15, 0.2) is 0 Å². The Kier molecular flexibility index (Phi) is 4.85. The van der Waals surface area contributed by atoms with Crippen LogP contribution >= 0.6 is 0 Å². The Morgan fingerprint density at radius 2 is 1.71 bits per heavy atom. The number of amides is 3. The Morgan fingerprint density at radius 1 is 1.06 bits per heavy atom. The summed E-state index contributed by atoms with van der Waals surface area (Å²) < 4.78 is 0. The van der Waals surface area contributed by atoms with Crippen LogP contribution in [0.15, 0.2) is 30.3 Å². The summed E-state index contributed by atoms with van der Waals surface area (Å²) in [6.45, 7) is 2.12. The van der Waals surface area contributed by atoms with Crippen molar-refractivity contribution in [3.05, 3.63) is 35.9 Å². The normalized spacial score (nSPS) is 32.2. The number of hydrogen-bond donors (Lipinski definition) is 1. The van der Waals surface area contributed by atoms with E-state index in [9.17, 15) is 9.59 Å². The Hall–Kier alpha value is -2.08. The maximum absolute atomic E-state index is 13.5. The fraction of sp³-hybridized carbons (Fsp3) is 0.680. The second kappa shape index (κ2) is 7.22. The van der Waals surface area contributed by atoms with Crippen LogP contribution in [0.2, 0.25) is 0 Å².